The van der Waals surface area contributed by atoms with Gasteiger partial charge < -0.3 is 0 Å². The summed E-state index contributed by atoms with van der Waals surface area (Å²) in [6.07, 6.45) is 3.80. The molecule has 31 heavy (non-hydrogen) atoms. The van der Waals surface area contributed by atoms with Crippen molar-refractivity contribution in [2.45, 2.75) is 18.2 Å². The van der Waals surface area contributed by atoms with Crippen LogP contribution in [0.4, 0.5) is 5.69 Å². The highest BCUT2D eigenvalue weighted by molar-refractivity contribution is 8.19. The van der Waals surface area contributed by atoms with Gasteiger partial charge in [-0.15, -0.1) is 11.0 Å². The van der Waals surface area contributed by atoms with Crippen molar-refractivity contribution in [1.29, 1.82) is 0 Å². The first-order valence-electron chi connectivity index (χ1n) is 9.26. The largest absolute Gasteiger partial charge is 0.284 e. The SMILES string of the molecule is C=CCN1C(=O)/C(=C\c2ccc([N+](=O)[O-])cc2)S/C1=N\S(=O)(=O)c1ccc(CC)cc1. The van der Waals surface area contributed by atoms with Crippen LogP contribution in [0, 0.1) is 10.1 Å². The number of thioether (sulfide) groups is 1. The molecule has 1 aliphatic heterocycles. The molecule has 0 saturated carbocycles. The molecule has 0 N–H and O–H groups in total. The van der Waals surface area contributed by atoms with E-state index in [0.717, 1.165) is 23.7 Å². The minimum absolute atomic E-state index is 0.0256. The van der Waals surface area contributed by atoms with Gasteiger partial charge in [0.2, 0.25) is 0 Å². The van der Waals surface area contributed by atoms with Crippen LogP contribution in [0.2, 0.25) is 0 Å². The number of carbonyl (C=O) groups excluding carboxylic acids is 1. The van der Waals surface area contributed by atoms with Crippen LogP contribution < -0.4 is 0 Å². The van der Waals surface area contributed by atoms with Gasteiger partial charge in [0.25, 0.3) is 21.6 Å². The Hall–Kier alpha value is -3.24. The monoisotopic (exact) mass is 457 g/mol. The lowest BCUT2D eigenvalue weighted by Crippen LogP contribution is -2.29. The molecule has 0 radical (unpaired) electrons. The van der Waals surface area contributed by atoms with Crippen molar-refractivity contribution in [1.82, 2.24) is 4.90 Å². The Morgan fingerprint density at radius 2 is 1.81 bits per heavy atom. The number of rotatable bonds is 7. The molecular formula is C21H19N3O5S2. The number of hydrogen-bond donors (Lipinski definition) is 0. The van der Waals surface area contributed by atoms with E-state index in [1.807, 2.05) is 6.92 Å². The van der Waals surface area contributed by atoms with Crippen LogP contribution in [0.1, 0.15) is 18.1 Å². The Labute approximate surface area is 184 Å². The predicted octanol–water partition coefficient (Wildman–Crippen LogP) is 4.00. The average Bonchev–Trinajstić information content (AvgIpc) is 3.02. The number of non-ortho nitro benzene ring substituents is 1. The number of hydrogen-bond acceptors (Lipinski definition) is 6. The third kappa shape index (κ3) is 5.09. The summed E-state index contributed by atoms with van der Waals surface area (Å²) < 4.78 is 29.4. The highest BCUT2D eigenvalue weighted by Crippen LogP contribution is 2.34. The smallest absolute Gasteiger partial charge is 0.282 e. The van der Waals surface area contributed by atoms with Crippen molar-refractivity contribution in [3.8, 4) is 0 Å². The first kappa shape index (κ1) is 22.4. The second kappa shape index (κ2) is 9.27. The van der Waals surface area contributed by atoms with Crippen LogP contribution in [-0.4, -0.2) is 35.9 Å². The quantitative estimate of drug-likeness (QED) is 0.269. The van der Waals surface area contributed by atoms with E-state index in [9.17, 15) is 23.3 Å². The van der Waals surface area contributed by atoms with Crippen LogP contribution in [-0.2, 0) is 21.2 Å². The first-order chi connectivity index (χ1) is 14.7. The zero-order chi connectivity index (χ0) is 22.6. The standard InChI is InChI=1S/C21H19N3O5S2/c1-3-13-23-20(25)19(14-16-5-9-17(10-6-16)24(26)27)30-21(23)22-31(28,29)18-11-7-15(4-2)8-12-18/h3,5-12,14H,1,4,13H2,2H3/b19-14+,22-21-. The molecule has 1 aliphatic rings. The highest BCUT2D eigenvalue weighted by Gasteiger charge is 2.34. The van der Waals surface area contributed by atoms with Crippen LogP contribution >= 0.6 is 11.8 Å². The van der Waals surface area contributed by atoms with E-state index >= 15 is 0 Å². The Kier molecular flexibility index (Phi) is 6.71. The lowest BCUT2D eigenvalue weighted by atomic mass is 10.2. The summed E-state index contributed by atoms with van der Waals surface area (Å²) in [5.41, 5.74) is 1.50. The summed E-state index contributed by atoms with van der Waals surface area (Å²) in [4.78, 5) is 24.6. The van der Waals surface area contributed by atoms with E-state index in [-0.39, 0.29) is 27.2 Å². The van der Waals surface area contributed by atoms with E-state index in [1.165, 1.54) is 53.5 Å². The predicted molar refractivity (Wildman–Crippen MR) is 121 cm³/mol. The van der Waals surface area contributed by atoms with Crippen molar-refractivity contribution in [3.63, 3.8) is 0 Å². The van der Waals surface area contributed by atoms with E-state index < -0.39 is 20.9 Å². The lowest BCUT2D eigenvalue weighted by Gasteiger charge is -2.12. The lowest BCUT2D eigenvalue weighted by molar-refractivity contribution is -0.384. The van der Waals surface area contributed by atoms with Gasteiger partial charge in [-0.2, -0.15) is 8.42 Å². The van der Waals surface area contributed by atoms with E-state index in [2.05, 4.69) is 11.0 Å². The minimum Gasteiger partial charge on any atom is -0.282 e. The highest BCUT2D eigenvalue weighted by atomic mass is 32.2. The van der Waals surface area contributed by atoms with E-state index in [4.69, 9.17) is 0 Å². The summed E-state index contributed by atoms with van der Waals surface area (Å²) >= 11 is 0.928. The zero-order valence-corrected chi connectivity index (χ0v) is 18.2. The minimum atomic E-state index is -4.02. The molecule has 10 heteroatoms. The summed E-state index contributed by atoms with van der Waals surface area (Å²) in [7, 11) is -4.02. The fraction of sp³-hybridized carbons (Fsp3) is 0.143. The van der Waals surface area contributed by atoms with Gasteiger partial charge in [0, 0.05) is 18.7 Å². The van der Waals surface area contributed by atoms with Gasteiger partial charge in [-0.3, -0.25) is 19.8 Å². The fourth-order valence-corrected chi connectivity index (χ4v) is 4.95. The normalized spacial score (nSPS) is 16.8. The number of carbonyl (C=O) groups is 1. The number of aryl methyl sites for hydroxylation is 1. The third-order valence-electron chi connectivity index (χ3n) is 4.43. The van der Waals surface area contributed by atoms with Crippen LogP contribution in [0.15, 0.2) is 75.4 Å². The van der Waals surface area contributed by atoms with Gasteiger partial charge in [-0.05, 0) is 59.7 Å². The zero-order valence-electron chi connectivity index (χ0n) is 16.6. The summed E-state index contributed by atoms with van der Waals surface area (Å²) in [5, 5.41) is 10.8. The molecule has 1 fully saturated rings. The van der Waals surface area contributed by atoms with Crippen LogP contribution in [0.5, 0.6) is 0 Å². The molecule has 0 aromatic heterocycles. The van der Waals surface area contributed by atoms with Gasteiger partial charge in [0.15, 0.2) is 5.17 Å². The molecule has 1 heterocycles. The molecule has 0 bridgehead atoms. The van der Waals surface area contributed by atoms with Gasteiger partial charge in [0.1, 0.15) is 0 Å². The summed E-state index contributed by atoms with van der Waals surface area (Å²) in [6.45, 7) is 5.67. The molecule has 1 saturated heterocycles. The molecule has 160 valence electrons. The van der Waals surface area contributed by atoms with Gasteiger partial charge >= 0.3 is 0 Å². The van der Waals surface area contributed by atoms with Crippen LogP contribution in [0.3, 0.4) is 0 Å². The third-order valence-corrected chi connectivity index (χ3v) is 6.83. The topological polar surface area (TPSA) is 110 Å². The van der Waals surface area contributed by atoms with Crippen molar-refractivity contribution in [2.24, 2.45) is 4.40 Å². The molecule has 8 nitrogen and oxygen atoms in total. The number of nitrogens with zero attached hydrogens (tertiary/aromatic N) is 3. The molecule has 0 atom stereocenters. The van der Waals surface area contributed by atoms with Crippen molar-refractivity contribution < 1.29 is 18.1 Å². The van der Waals surface area contributed by atoms with Gasteiger partial charge in [0.05, 0.1) is 14.7 Å². The molecule has 0 spiro atoms. The molecule has 3 rings (SSSR count). The maximum atomic E-state index is 12.8. The van der Waals surface area contributed by atoms with E-state index in [0.29, 0.717) is 5.56 Å². The van der Waals surface area contributed by atoms with Gasteiger partial charge in [-0.1, -0.05) is 25.1 Å². The Balaban J connectivity index is 1.94. The number of sulfonamides is 1. The van der Waals surface area contributed by atoms with E-state index in [1.54, 1.807) is 12.1 Å². The van der Waals surface area contributed by atoms with Gasteiger partial charge in [-0.25, -0.2) is 0 Å². The maximum Gasteiger partial charge on any atom is 0.284 e. The first-order valence-corrected chi connectivity index (χ1v) is 11.5. The van der Waals surface area contributed by atoms with Crippen molar-refractivity contribution in [3.05, 3.63) is 87.3 Å². The number of amidine groups is 1. The summed E-state index contributed by atoms with van der Waals surface area (Å²) in [6, 6.07) is 12.1. The number of benzene rings is 2. The average molecular weight is 458 g/mol. The molecule has 0 aliphatic carbocycles. The number of nitro groups is 1. The maximum absolute atomic E-state index is 12.8. The van der Waals surface area contributed by atoms with Crippen LogP contribution in [0.25, 0.3) is 6.08 Å². The Morgan fingerprint density at radius 3 is 2.35 bits per heavy atom. The second-order valence-electron chi connectivity index (χ2n) is 6.51. The number of amides is 1. The number of nitro benzene ring substituents is 1. The molecular weight excluding hydrogens is 438 g/mol. The Morgan fingerprint density at radius 1 is 1.16 bits per heavy atom. The summed E-state index contributed by atoms with van der Waals surface area (Å²) in [5.74, 6) is -0.418. The van der Waals surface area contributed by atoms with Crippen molar-refractivity contribution in [2.75, 3.05) is 6.54 Å². The molecule has 2 aromatic rings. The van der Waals surface area contributed by atoms with Crippen molar-refractivity contribution >= 4 is 44.6 Å². The Bertz CT molecular complexity index is 1180. The molecule has 0 unspecified atom stereocenters. The molecule has 1 amide bonds. The second-order valence-corrected chi connectivity index (χ2v) is 9.12. The fourth-order valence-electron chi connectivity index (χ4n) is 2.76. The molecule has 2 aromatic carbocycles.